The smallest absolute Gasteiger partial charge is 0.266 e. The van der Waals surface area contributed by atoms with Gasteiger partial charge in [-0.1, -0.05) is 30.9 Å². The van der Waals surface area contributed by atoms with Crippen LogP contribution in [0.4, 0.5) is 0 Å². The SMILES string of the molecule is O=C(c1c[nH]c(=O)c(Cl)c1)N1CC[C@]2(CCCN(CC3CCCCC3)C2=O)C1. The maximum Gasteiger partial charge on any atom is 0.266 e. The molecule has 1 aromatic heterocycles. The minimum absolute atomic E-state index is 0.00663. The molecule has 6 nitrogen and oxygen atoms in total. The molecule has 7 heteroatoms. The van der Waals surface area contributed by atoms with Gasteiger partial charge in [0.1, 0.15) is 5.02 Å². The van der Waals surface area contributed by atoms with Gasteiger partial charge in [-0.05, 0) is 44.1 Å². The second-order valence-corrected chi connectivity index (χ2v) is 9.09. The first kappa shape index (κ1) is 19.5. The third kappa shape index (κ3) is 3.71. The third-order valence-corrected chi connectivity index (χ3v) is 7.05. The van der Waals surface area contributed by atoms with E-state index in [1.165, 1.54) is 44.4 Å². The molecule has 1 N–H and O–H groups in total. The van der Waals surface area contributed by atoms with E-state index in [1.54, 1.807) is 4.90 Å². The molecular weight excluding hydrogens is 378 g/mol. The summed E-state index contributed by atoms with van der Waals surface area (Å²) in [5, 5.41) is 0.00663. The number of piperidine rings is 1. The van der Waals surface area contributed by atoms with Crippen molar-refractivity contribution in [2.45, 2.75) is 51.4 Å². The lowest BCUT2D eigenvalue weighted by molar-refractivity contribution is -0.146. The van der Waals surface area contributed by atoms with Crippen molar-refractivity contribution in [2.24, 2.45) is 11.3 Å². The van der Waals surface area contributed by atoms with E-state index >= 15 is 0 Å². The minimum atomic E-state index is -0.436. The number of H-pyrrole nitrogens is 1. The minimum Gasteiger partial charge on any atom is -0.342 e. The average molecular weight is 406 g/mol. The van der Waals surface area contributed by atoms with Crippen LogP contribution in [0.5, 0.6) is 0 Å². The molecule has 3 fully saturated rings. The van der Waals surface area contributed by atoms with Gasteiger partial charge in [0.2, 0.25) is 5.91 Å². The highest BCUT2D eigenvalue weighted by atomic mass is 35.5. The van der Waals surface area contributed by atoms with Crippen LogP contribution in [0, 0.1) is 11.3 Å². The molecule has 0 bridgehead atoms. The summed E-state index contributed by atoms with van der Waals surface area (Å²) in [7, 11) is 0. The number of hydrogen-bond acceptors (Lipinski definition) is 3. The largest absolute Gasteiger partial charge is 0.342 e. The first-order chi connectivity index (χ1) is 13.5. The Morgan fingerprint density at radius 2 is 1.93 bits per heavy atom. The van der Waals surface area contributed by atoms with Gasteiger partial charge in [0.15, 0.2) is 0 Å². The van der Waals surface area contributed by atoms with E-state index in [9.17, 15) is 14.4 Å². The van der Waals surface area contributed by atoms with Crippen molar-refractivity contribution < 1.29 is 9.59 Å². The molecule has 1 aromatic rings. The zero-order chi connectivity index (χ0) is 19.7. The Kier molecular flexibility index (Phi) is 5.50. The van der Waals surface area contributed by atoms with Gasteiger partial charge in [-0.3, -0.25) is 14.4 Å². The van der Waals surface area contributed by atoms with Crippen LogP contribution < -0.4 is 5.56 Å². The molecule has 2 saturated heterocycles. The summed E-state index contributed by atoms with van der Waals surface area (Å²) in [5.41, 5.74) is -0.477. The Hall–Kier alpha value is -1.82. The third-order valence-electron chi connectivity index (χ3n) is 6.77. The van der Waals surface area contributed by atoms with Crippen molar-refractivity contribution in [3.8, 4) is 0 Å². The molecule has 4 rings (SSSR count). The van der Waals surface area contributed by atoms with Crippen LogP contribution in [0.3, 0.4) is 0 Å². The molecule has 0 aromatic carbocycles. The zero-order valence-electron chi connectivity index (χ0n) is 16.2. The van der Waals surface area contributed by atoms with Crippen molar-refractivity contribution in [1.29, 1.82) is 0 Å². The van der Waals surface area contributed by atoms with Crippen LogP contribution >= 0.6 is 11.6 Å². The zero-order valence-corrected chi connectivity index (χ0v) is 17.0. The molecule has 0 unspecified atom stereocenters. The van der Waals surface area contributed by atoms with Crippen LogP contribution in [0.15, 0.2) is 17.1 Å². The van der Waals surface area contributed by atoms with Crippen LogP contribution in [0.1, 0.15) is 61.7 Å². The van der Waals surface area contributed by atoms with Crippen molar-refractivity contribution >= 4 is 23.4 Å². The van der Waals surface area contributed by atoms with Gasteiger partial charge in [-0.2, -0.15) is 0 Å². The van der Waals surface area contributed by atoms with Crippen LogP contribution in [0.25, 0.3) is 0 Å². The van der Waals surface area contributed by atoms with Gasteiger partial charge in [-0.25, -0.2) is 0 Å². The highest BCUT2D eigenvalue weighted by Gasteiger charge is 2.49. The van der Waals surface area contributed by atoms with Gasteiger partial charge < -0.3 is 14.8 Å². The molecule has 1 spiro atoms. The van der Waals surface area contributed by atoms with Crippen molar-refractivity contribution in [3.05, 3.63) is 33.2 Å². The fraction of sp³-hybridized carbons (Fsp3) is 0.667. The van der Waals surface area contributed by atoms with Crippen LogP contribution in [0.2, 0.25) is 5.02 Å². The molecular formula is C21H28ClN3O3. The maximum absolute atomic E-state index is 13.3. The Bertz CT molecular complexity index is 817. The second kappa shape index (κ2) is 7.90. The summed E-state index contributed by atoms with van der Waals surface area (Å²) in [5.74, 6) is 0.696. The lowest BCUT2D eigenvalue weighted by Gasteiger charge is -2.41. The molecule has 28 heavy (non-hydrogen) atoms. The van der Waals surface area contributed by atoms with Crippen molar-refractivity contribution in [2.75, 3.05) is 26.2 Å². The topological polar surface area (TPSA) is 73.5 Å². The van der Waals surface area contributed by atoms with Gasteiger partial charge in [-0.15, -0.1) is 0 Å². The van der Waals surface area contributed by atoms with E-state index in [0.29, 0.717) is 24.6 Å². The lowest BCUT2D eigenvalue weighted by atomic mass is 9.77. The molecule has 1 aliphatic carbocycles. The summed E-state index contributed by atoms with van der Waals surface area (Å²) in [6.07, 6.45) is 10.3. The number of nitrogens with zero attached hydrogens (tertiary/aromatic N) is 2. The van der Waals surface area contributed by atoms with E-state index in [-0.39, 0.29) is 16.8 Å². The monoisotopic (exact) mass is 405 g/mol. The predicted molar refractivity (Wildman–Crippen MR) is 107 cm³/mol. The van der Waals surface area contributed by atoms with E-state index < -0.39 is 11.0 Å². The summed E-state index contributed by atoms with van der Waals surface area (Å²) >= 11 is 5.87. The second-order valence-electron chi connectivity index (χ2n) is 8.68. The van der Waals surface area contributed by atoms with Gasteiger partial charge >= 0.3 is 0 Å². The van der Waals surface area contributed by atoms with Gasteiger partial charge in [0.25, 0.3) is 11.5 Å². The molecule has 1 atom stereocenters. The fourth-order valence-corrected chi connectivity index (χ4v) is 5.37. The number of nitrogens with one attached hydrogen (secondary N) is 1. The normalized spacial score (nSPS) is 26.2. The van der Waals surface area contributed by atoms with E-state index in [0.717, 1.165) is 32.4 Å². The Balaban J connectivity index is 1.44. The Morgan fingerprint density at radius 1 is 1.14 bits per heavy atom. The van der Waals surface area contributed by atoms with Crippen molar-refractivity contribution in [1.82, 2.24) is 14.8 Å². The molecule has 152 valence electrons. The maximum atomic E-state index is 13.3. The van der Waals surface area contributed by atoms with Crippen molar-refractivity contribution in [3.63, 3.8) is 0 Å². The van der Waals surface area contributed by atoms with Gasteiger partial charge in [0, 0.05) is 32.4 Å². The first-order valence-corrected chi connectivity index (χ1v) is 10.8. The number of carbonyl (C=O) groups excluding carboxylic acids is 2. The quantitative estimate of drug-likeness (QED) is 0.839. The van der Waals surface area contributed by atoms with Gasteiger partial charge in [0.05, 0.1) is 11.0 Å². The lowest BCUT2D eigenvalue weighted by Crippen LogP contribution is -2.51. The summed E-state index contributed by atoms with van der Waals surface area (Å²) in [6, 6.07) is 1.41. The number of likely N-dealkylation sites (tertiary alicyclic amines) is 2. The number of pyridine rings is 1. The summed E-state index contributed by atoms with van der Waals surface area (Å²) < 4.78 is 0. The molecule has 2 amide bonds. The molecule has 3 heterocycles. The van der Waals surface area contributed by atoms with Crippen LogP contribution in [-0.4, -0.2) is 52.8 Å². The summed E-state index contributed by atoms with van der Waals surface area (Å²) in [4.78, 5) is 44.0. The molecule has 2 aliphatic heterocycles. The highest BCUT2D eigenvalue weighted by Crippen LogP contribution is 2.41. The first-order valence-electron chi connectivity index (χ1n) is 10.5. The summed E-state index contributed by atoms with van der Waals surface area (Å²) in [6.45, 7) is 2.76. The fourth-order valence-electron chi connectivity index (χ4n) is 5.19. The number of rotatable bonds is 3. The Labute approximate surface area is 170 Å². The number of carbonyl (C=O) groups is 2. The van der Waals surface area contributed by atoms with E-state index in [4.69, 9.17) is 11.6 Å². The predicted octanol–water partition coefficient (Wildman–Crippen LogP) is 3.06. The number of aromatic nitrogens is 1. The number of hydrogen-bond donors (Lipinski definition) is 1. The van der Waals surface area contributed by atoms with E-state index in [1.807, 2.05) is 0 Å². The molecule has 3 aliphatic rings. The number of amides is 2. The number of aromatic amines is 1. The number of halogens is 1. The van der Waals surface area contributed by atoms with E-state index in [2.05, 4.69) is 9.88 Å². The average Bonchev–Trinajstić information content (AvgIpc) is 3.13. The highest BCUT2D eigenvalue weighted by molar-refractivity contribution is 6.30. The van der Waals surface area contributed by atoms with Crippen LogP contribution in [-0.2, 0) is 4.79 Å². The molecule has 1 saturated carbocycles. The molecule has 0 radical (unpaired) electrons. The standard InChI is InChI=1S/C21H28ClN3O3/c22-17-11-16(12-23-18(17)26)19(27)25-10-8-21(14-25)7-4-9-24(20(21)28)13-15-5-2-1-3-6-15/h11-12,15H,1-10,13-14H2,(H,23,26)/t21-/m1/s1. The Morgan fingerprint density at radius 3 is 2.68 bits per heavy atom.